The third-order valence-corrected chi connectivity index (χ3v) is 4.60. The molecule has 2 rings (SSSR count). The molecule has 1 saturated heterocycles. The van der Waals surface area contributed by atoms with E-state index in [9.17, 15) is 10.2 Å². The molecule has 1 fully saturated rings. The second-order valence-electron chi connectivity index (χ2n) is 5.09. The van der Waals surface area contributed by atoms with E-state index in [4.69, 9.17) is 0 Å². The number of thioether (sulfide) groups is 1. The fourth-order valence-corrected chi connectivity index (χ4v) is 3.46. The van der Waals surface area contributed by atoms with Gasteiger partial charge in [0.05, 0.1) is 5.56 Å². The third-order valence-electron chi connectivity index (χ3n) is 3.54. The predicted octanol–water partition coefficient (Wildman–Crippen LogP) is 3.21. The molecule has 1 aromatic carbocycles. The van der Waals surface area contributed by atoms with Crippen LogP contribution in [0.25, 0.3) is 0 Å². The largest absolute Gasteiger partial charge is 0.507 e. The van der Waals surface area contributed by atoms with Crippen LogP contribution in [0.2, 0.25) is 0 Å². The number of benzene rings is 1. The van der Waals surface area contributed by atoms with Gasteiger partial charge in [0.2, 0.25) is 0 Å². The Morgan fingerprint density at radius 1 is 1.26 bits per heavy atom. The summed E-state index contributed by atoms with van der Waals surface area (Å²) < 4.78 is 0. The molecule has 1 aliphatic rings. The van der Waals surface area contributed by atoms with E-state index >= 15 is 0 Å². The van der Waals surface area contributed by atoms with Gasteiger partial charge in [0.25, 0.3) is 0 Å². The van der Waals surface area contributed by atoms with Crippen molar-refractivity contribution >= 4 is 11.8 Å². The lowest BCUT2D eigenvalue weighted by atomic mass is 10.00. The molecule has 0 bridgehead atoms. The minimum atomic E-state index is 0.0587. The Morgan fingerprint density at radius 2 is 2.00 bits per heavy atom. The second-order valence-corrected chi connectivity index (χ2v) is 6.24. The monoisotopic (exact) mass is 281 g/mol. The van der Waals surface area contributed by atoms with Crippen molar-refractivity contribution in [1.29, 1.82) is 0 Å². The van der Waals surface area contributed by atoms with Crippen molar-refractivity contribution in [1.82, 2.24) is 5.32 Å². The molecule has 1 atom stereocenters. The van der Waals surface area contributed by atoms with E-state index in [2.05, 4.69) is 12.2 Å². The van der Waals surface area contributed by atoms with E-state index in [0.29, 0.717) is 5.56 Å². The first-order chi connectivity index (χ1) is 9.22. The molecule has 1 heterocycles. The van der Waals surface area contributed by atoms with Gasteiger partial charge in [-0.3, -0.25) is 0 Å². The maximum atomic E-state index is 10.2. The summed E-state index contributed by atoms with van der Waals surface area (Å²) in [6.07, 6.45) is 4.39. The zero-order chi connectivity index (χ0) is 13.7. The van der Waals surface area contributed by atoms with Gasteiger partial charge in [-0.15, -0.1) is 0 Å². The normalized spacial score (nSPS) is 19.5. The van der Waals surface area contributed by atoms with E-state index in [-0.39, 0.29) is 17.5 Å². The highest BCUT2D eigenvalue weighted by molar-refractivity contribution is 7.99. The Labute approximate surface area is 119 Å². The summed E-state index contributed by atoms with van der Waals surface area (Å²) in [5.74, 6) is 2.45. The summed E-state index contributed by atoms with van der Waals surface area (Å²) in [4.78, 5) is 0. The molecule has 0 amide bonds. The quantitative estimate of drug-likeness (QED) is 0.725. The summed E-state index contributed by atoms with van der Waals surface area (Å²) in [5, 5.41) is 23.7. The fourth-order valence-electron chi connectivity index (χ4n) is 2.51. The average Bonchev–Trinajstić information content (AvgIpc) is 2.39. The molecule has 0 saturated carbocycles. The maximum absolute atomic E-state index is 10.2. The van der Waals surface area contributed by atoms with Gasteiger partial charge in [-0.25, -0.2) is 0 Å². The molecule has 3 N–H and O–H groups in total. The first kappa shape index (κ1) is 14.5. The van der Waals surface area contributed by atoms with Crippen molar-refractivity contribution in [2.24, 2.45) is 0 Å². The minimum Gasteiger partial charge on any atom is -0.507 e. The number of unbranched alkanes of at least 4 members (excludes halogenated alkanes) is 2. The van der Waals surface area contributed by atoms with Crippen molar-refractivity contribution in [3.8, 4) is 11.5 Å². The molecule has 19 heavy (non-hydrogen) atoms. The first-order valence-electron chi connectivity index (χ1n) is 7.08. The number of rotatable bonds is 5. The molecule has 0 aliphatic carbocycles. The molecular weight excluding hydrogens is 258 g/mol. The number of aromatic hydroxyl groups is 2. The Kier molecular flexibility index (Phi) is 5.40. The van der Waals surface area contributed by atoms with Crippen molar-refractivity contribution in [2.75, 3.05) is 18.1 Å². The molecule has 3 nitrogen and oxygen atoms in total. The smallest absolute Gasteiger partial charge is 0.124 e. The Morgan fingerprint density at radius 3 is 2.58 bits per heavy atom. The zero-order valence-electron chi connectivity index (χ0n) is 11.5. The average molecular weight is 281 g/mol. The second kappa shape index (κ2) is 7.06. The van der Waals surface area contributed by atoms with Crippen molar-refractivity contribution < 1.29 is 10.2 Å². The van der Waals surface area contributed by atoms with Gasteiger partial charge in [-0.1, -0.05) is 19.8 Å². The van der Waals surface area contributed by atoms with Gasteiger partial charge in [-0.05, 0) is 30.5 Å². The number of hydrogen-bond donors (Lipinski definition) is 3. The van der Waals surface area contributed by atoms with E-state index in [1.807, 2.05) is 23.9 Å². The lowest BCUT2D eigenvalue weighted by Crippen LogP contribution is -2.30. The summed E-state index contributed by atoms with van der Waals surface area (Å²) in [7, 11) is 0. The number of phenolic OH excluding ortho intramolecular Hbond substituents is 2. The molecular formula is C15H23NO2S. The van der Waals surface area contributed by atoms with Crippen molar-refractivity contribution in [2.45, 2.75) is 38.6 Å². The van der Waals surface area contributed by atoms with E-state index in [0.717, 1.165) is 36.5 Å². The van der Waals surface area contributed by atoms with Crippen LogP contribution in [0.4, 0.5) is 0 Å². The van der Waals surface area contributed by atoms with Crippen molar-refractivity contribution in [3.05, 3.63) is 23.3 Å². The van der Waals surface area contributed by atoms with Crippen LogP contribution in [0.1, 0.15) is 43.4 Å². The van der Waals surface area contributed by atoms with E-state index < -0.39 is 0 Å². The Bertz CT molecular complexity index is 394. The van der Waals surface area contributed by atoms with Crippen LogP contribution in [-0.4, -0.2) is 28.3 Å². The van der Waals surface area contributed by atoms with E-state index in [1.54, 1.807) is 0 Å². The van der Waals surface area contributed by atoms with Crippen LogP contribution in [-0.2, 0) is 6.42 Å². The Hall–Kier alpha value is -0.870. The van der Waals surface area contributed by atoms with Gasteiger partial charge in [0.15, 0.2) is 0 Å². The first-order valence-corrected chi connectivity index (χ1v) is 8.23. The van der Waals surface area contributed by atoms with Crippen LogP contribution < -0.4 is 5.32 Å². The number of aryl methyl sites for hydroxylation is 1. The third kappa shape index (κ3) is 3.80. The minimum absolute atomic E-state index is 0.0587. The molecule has 1 unspecified atom stereocenters. The Balaban J connectivity index is 2.12. The molecule has 1 aliphatic heterocycles. The summed E-state index contributed by atoms with van der Waals surface area (Å²) in [6.45, 7) is 3.09. The lowest BCUT2D eigenvalue weighted by Gasteiger charge is -2.25. The van der Waals surface area contributed by atoms with Gasteiger partial charge in [0, 0.05) is 24.1 Å². The van der Waals surface area contributed by atoms with E-state index in [1.165, 1.54) is 12.8 Å². The van der Waals surface area contributed by atoms with Crippen LogP contribution >= 0.6 is 11.8 Å². The number of hydrogen-bond acceptors (Lipinski definition) is 4. The highest BCUT2D eigenvalue weighted by Gasteiger charge is 2.22. The van der Waals surface area contributed by atoms with Gasteiger partial charge >= 0.3 is 0 Å². The molecule has 0 radical (unpaired) electrons. The zero-order valence-corrected chi connectivity index (χ0v) is 12.3. The summed E-state index contributed by atoms with van der Waals surface area (Å²) in [5.41, 5.74) is 1.68. The van der Waals surface area contributed by atoms with Crippen LogP contribution in [0.3, 0.4) is 0 Å². The van der Waals surface area contributed by atoms with Crippen LogP contribution in [0.15, 0.2) is 12.1 Å². The fraction of sp³-hybridized carbons (Fsp3) is 0.600. The molecule has 1 aromatic rings. The van der Waals surface area contributed by atoms with Gasteiger partial charge < -0.3 is 15.5 Å². The lowest BCUT2D eigenvalue weighted by molar-refractivity contribution is 0.419. The summed E-state index contributed by atoms with van der Waals surface area (Å²) >= 11 is 1.85. The highest BCUT2D eigenvalue weighted by atomic mass is 32.2. The predicted molar refractivity (Wildman–Crippen MR) is 81.1 cm³/mol. The standard InChI is InChI=1S/C15H23NO2S/c1-2-3-4-5-11-8-13(17)15(14(18)9-11)12-10-19-7-6-16-12/h8-9,12,16-18H,2-7,10H2,1H3. The molecule has 106 valence electrons. The number of phenols is 2. The number of nitrogens with one attached hydrogen (secondary N) is 1. The topological polar surface area (TPSA) is 52.5 Å². The maximum Gasteiger partial charge on any atom is 0.124 e. The highest BCUT2D eigenvalue weighted by Crippen LogP contribution is 2.37. The van der Waals surface area contributed by atoms with Crippen LogP contribution in [0, 0.1) is 0 Å². The summed E-state index contributed by atoms with van der Waals surface area (Å²) in [6, 6.07) is 3.68. The van der Waals surface area contributed by atoms with Gasteiger partial charge in [-0.2, -0.15) is 11.8 Å². The van der Waals surface area contributed by atoms with Gasteiger partial charge in [0.1, 0.15) is 11.5 Å². The van der Waals surface area contributed by atoms with Crippen molar-refractivity contribution in [3.63, 3.8) is 0 Å². The molecule has 0 spiro atoms. The molecule has 0 aromatic heterocycles. The van der Waals surface area contributed by atoms with Crippen LogP contribution in [0.5, 0.6) is 11.5 Å². The molecule has 4 heteroatoms. The SMILES string of the molecule is CCCCCc1cc(O)c(C2CSCCN2)c(O)c1.